The summed E-state index contributed by atoms with van der Waals surface area (Å²) >= 11 is 0. The van der Waals surface area contributed by atoms with Crippen LogP contribution in [0.1, 0.15) is 43.1 Å². The average Bonchev–Trinajstić information content (AvgIpc) is 3.31. The highest BCUT2D eigenvalue weighted by molar-refractivity contribution is 5.93. The van der Waals surface area contributed by atoms with Gasteiger partial charge in [0.05, 0.1) is 5.69 Å². The summed E-state index contributed by atoms with van der Waals surface area (Å²) in [7, 11) is 0. The quantitative estimate of drug-likeness (QED) is 0.898. The van der Waals surface area contributed by atoms with E-state index in [2.05, 4.69) is 22.4 Å². The lowest BCUT2D eigenvalue weighted by molar-refractivity contribution is 0.0910. The maximum absolute atomic E-state index is 13.0. The second kappa shape index (κ2) is 6.04. The van der Waals surface area contributed by atoms with Crippen molar-refractivity contribution in [3.63, 3.8) is 0 Å². The fraction of sp³-hybridized carbons (Fsp3) is 0.474. The predicted molar refractivity (Wildman–Crippen MR) is 89.8 cm³/mol. The molecule has 5 heteroatoms. The lowest BCUT2D eigenvalue weighted by Crippen LogP contribution is -2.40. The van der Waals surface area contributed by atoms with Crippen LogP contribution < -0.4 is 5.32 Å². The number of benzene rings is 1. The summed E-state index contributed by atoms with van der Waals surface area (Å²) in [5.41, 5.74) is 1.88. The number of carbonyl (C=O) groups excluding carboxylic acids is 1. The molecule has 1 amide bonds. The van der Waals surface area contributed by atoms with E-state index in [9.17, 15) is 9.18 Å². The summed E-state index contributed by atoms with van der Waals surface area (Å²) < 4.78 is 13.0. The second-order valence-corrected chi connectivity index (χ2v) is 7.27. The van der Waals surface area contributed by atoms with Crippen LogP contribution in [0.5, 0.6) is 0 Å². The molecule has 0 saturated heterocycles. The molecule has 4 unspecified atom stereocenters. The van der Waals surface area contributed by atoms with Gasteiger partial charge in [-0.05, 0) is 74.3 Å². The predicted octanol–water partition coefficient (Wildman–Crippen LogP) is 3.77. The number of aromatic nitrogens is 2. The minimum Gasteiger partial charge on any atom is -0.348 e. The summed E-state index contributed by atoms with van der Waals surface area (Å²) in [6.07, 6.45) is 5.26. The molecule has 2 aliphatic carbocycles. The minimum atomic E-state index is -0.285. The van der Waals surface area contributed by atoms with Gasteiger partial charge < -0.3 is 5.32 Å². The number of amides is 1. The van der Waals surface area contributed by atoms with Crippen LogP contribution in [0.2, 0.25) is 0 Å². The molecule has 2 aromatic rings. The van der Waals surface area contributed by atoms with Gasteiger partial charge in [0.1, 0.15) is 11.5 Å². The fourth-order valence-corrected chi connectivity index (χ4v) is 4.50. The number of hydrogen-bond donors (Lipinski definition) is 2. The molecule has 0 spiro atoms. The van der Waals surface area contributed by atoms with Crippen molar-refractivity contribution in [3.8, 4) is 11.3 Å². The van der Waals surface area contributed by atoms with Crippen LogP contribution in [-0.4, -0.2) is 22.1 Å². The summed E-state index contributed by atoms with van der Waals surface area (Å²) in [5.74, 6) is 1.85. The SMILES string of the molecule is CC(NC(=O)c1cc(-c2ccc(F)cc2)n[nH]1)C1CC2CCC1C2. The molecule has 2 bridgehead atoms. The van der Waals surface area contributed by atoms with Gasteiger partial charge in [0.2, 0.25) is 0 Å². The van der Waals surface area contributed by atoms with E-state index in [1.807, 2.05) is 0 Å². The Labute approximate surface area is 140 Å². The second-order valence-electron chi connectivity index (χ2n) is 7.27. The van der Waals surface area contributed by atoms with E-state index in [0.29, 0.717) is 17.3 Å². The van der Waals surface area contributed by atoms with Crippen LogP contribution in [-0.2, 0) is 0 Å². The zero-order chi connectivity index (χ0) is 16.7. The highest BCUT2D eigenvalue weighted by Crippen LogP contribution is 2.49. The standard InChI is InChI=1S/C19H22FN3O/c1-11(16-9-12-2-3-14(16)8-12)21-19(24)18-10-17(22-23-18)13-4-6-15(20)7-5-13/h4-7,10-12,14,16H,2-3,8-9H2,1H3,(H,21,24)(H,22,23). The lowest BCUT2D eigenvalue weighted by atomic mass is 9.84. The first-order valence-corrected chi connectivity index (χ1v) is 8.72. The molecule has 2 fully saturated rings. The Morgan fingerprint density at radius 1 is 1.29 bits per heavy atom. The molecular weight excluding hydrogens is 305 g/mol. The Balaban J connectivity index is 1.42. The molecule has 0 radical (unpaired) electrons. The van der Waals surface area contributed by atoms with Crippen LogP contribution in [0, 0.1) is 23.6 Å². The zero-order valence-electron chi connectivity index (χ0n) is 13.8. The first kappa shape index (κ1) is 15.4. The Bertz CT molecular complexity index is 739. The molecule has 24 heavy (non-hydrogen) atoms. The van der Waals surface area contributed by atoms with Crippen LogP contribution in [0.3, 0.4) is 0 Å². The van der Waals surface area contributed by atoms with Gasteiger partial charge in [0.25, 0.3) is 5.91 Å². The minimum absolute atomic E-state index is 0.119. The van der Waals surface area contributed by atoms with Gasteiger partial charge in [0, 0.05) is 11.6 Å². The molecule has 1 aromatic heterocycles. The molecule has 4 atom stereocenters. The Morgan fingerprint density at radius 3 is 2.75 bits per heavy atom. The largest absolute Gasteiger partial charge is 0.348 e. The van der Waals surface area contributed by atoms with Crippen molar-refractivity contribution in [2.75, 3.05) is 0 Å². The molecule has 2 saturated carbocycles. The molecule has 4 rings (SSSR count). The van der Waals surface area contributed by atoms with Crippen molar-refractivity contribution in [2.24, 2.45) is 17.8 Å². The van der Waals surface area contributed by atoms with E-state index in [1.165, 1.54) is 37.8 Å². The van der Waals surface area contributed by atoms with Gasteiger partial charge in [0.15, 0.2) is 0 Å². The molecule has 1 heterocycles. The number of nitrogens with one attached hydrogen (secondary N) is 2. The van der Waals surface area contributed by atoms with Gasteiger partial charge >= 0.3 is 0 Å². The van der Waals surface area contributed by atoms with Crippen molar-refractivity contribution in [3.05, 3.63) is 41.8 Å². The Morgan fingerprint density at radius 2 is 2.08 bits per heavy atom. The molecule has 2 aliphatic rings. The summed E-state index contributed by atoms with van der Waals surface area (Å²) in [6, 6.07) is 8.00. The van der Waals surface area contributed by atoms with Crippen LogP contribution >= 0.6 is 0 Å². The van der Waals surface area contributed by atoms with E-state index in [4.69, 9.17) is 0 Å². The zero-order valence-corrected chi connectivity index (χ0v) is 13.8. The van der Waals surface area contributed by atoms with Crippen molar-refractivity contribution in [1.29, 1.82) is 0 Å². The third-order valence-electron chi connectivity index (χ3n) is 5.76. The monoisotopic (exact) mass is 327 g/mol. The van der Waals surface area contributed by atoms with Gasteiger partial charge in [-0.1, -0.05) is 6.42 Å². The third kappa shape index (κ3) is 2.83. The normalized spacial score (nSPS) is 26.5. The number of carbonyl (C=O) groups is 1. The fourth-order valence-electron chi connectivity index (χ4n) is 4.50. The number of aromatic amines is 1. The van der Waals surface area contributed by atoms with Crippen LogP contribution in [0.15, 0.2) is 30.3 Å². The van der Waals surface area contributed by atoms with Crippen molar-refractivity contribution < 1.29 is 9.18 Å². The van der Waals surface area contributed by atoms with Crippen molar-refractivity contribution >= 4 is 5.91 Å². The van der Waals surface area contributed by atoms with Crippen molar-refractivity contribution in [2.45, 2.75) is 38.6 Å². The molecular formula is C19H22FN3O. The van der Waals surface area contributed by atoms with Gasteiger partial charge in [-0.3, -0.25) is 9.89 Å². The van der Waals surface area contributed by atoms with E-state index >= 15 is 0 Å². The highest BCUT2D eigenvalue weighted by atomic mass is 19.1. The third-order valence-corrected chi connectivity index (χ3v) is 5.76. The van der Waals surface area contributed by atoms with Gasteiger partial charge in [-0.2, -0.15) is 5.10 Å². The topological polar surface area (TPSA) is 57.8 Å². The number of rotatable bonds is 4. The number of fused-ring (bicyclic) bond motifs is 2. The van der Waals surface area contributed by atoms with Gasteiger partial charge in [-0.15, -0.1) is 0 Å². The summed E-state index contributed by atoms with van der Waals surface area (Å²) in [4.78, 5) is 12.5. The van der Waals surface area contributed by atoms with Crippen molar-refractivity contribution in [1.82, 2.24) is 15.5 Å². The van der Waals surface area contributed by atoms with Gasteiger partial charge in [-0.25, -0.2) is 4.39 Å². The number of nitrogens with zero attached hydrogens (tertiary/aromatic N) is 1. The molecule has 126 valence electrons. The van der Waals surface area contributed by atoms with E-state index in [0.717, 1.165) is 17.4 Å². The number of halogens is 1. The van der Waals surface area contributed by atoms with E-state index in [-0.39, 0.29) is 17.8 Å². The molecule has 4 nitrogen and oxygen atoms in total. The summed E-state index contributed by atoms with van der Waals surface area (Å²) in [5, 5.41) is 10.1. The summed E-state index contributed by atoms with van der Waals surface area (Å²) in [6.45, 7) is 2.11. The first-order valence-electron chi connectivity index (χ1n) is 8.72. The van der Waals surface area contributed by atoms with Crippen LogP contribution in [0.25, 0.3) is 11.3 Å². The Kier molecular flexibility index (Phi) is 3.87. The maximum Gasteiger partial charge on any atom is 0.269 e. The molecule has 0 aliphatic heterocycles. The van der Waals surface area contributed by atoms with E-state index in [1.54, 1.807) is 18.2 Å². The molecule has 1 aromatic carbocycles. The maximum atomic E-state index is 13.0. The number of hydrogen-bond acceptors (Lipinski definition) is 2. The first-order chi connectivity index (χ1) is 11.6. The highest BCUT2D eigenvalue weighted by Gasteiger charge is 2.42. The van der Waals surface area contributed by atoms with Crippen LogP contribution in [0.4, 0.5) is 4.39 Å². The lowest BCUT2D eigenvalue weighted by Gasteiger charge is -2.28. The average molecular weight is 327 g/mol. The Hall–Kier alpha value is -2.17. The number of H-pyrrole nitrogens is 1. The smallest absolute Gasteiger partial charge is 0.269 e. The van der Waals surface area contributed by atoms with E-state index < -0.39 is 0 Å². The molecule has 2 N–H and O–H groups in total.